The molecule has 0 aliphatic heterocycles. The van der Waals surface area contributed by atoms with Gasteiger partial charge in [0.1, 0.15) is 5.82 Å². The van der Waals surface area contributed by atoms with Crippen molar-refractivity contribution in [2.45, 2.75) is 20.4 Å². The van der Waals surface area contributed by atoms with E-state index in [0.29, 0.717) is 0 Å². The second-order valence-corrected chi connectivity index (χ2v) is 5.45. The normalized spacial score (nSPS) is 12.3. The minimum Gasteiger partial charge on any atom is -0.370 e. The number of benzene rings is 1. The highest BCUT2D eigenvalue weighted by Crippen LogP contribution is 2.21. The molecule has 0 amide bonds. The second kappa shape index (κ2) is 7.05. The van der Waals surface area contributed by atoms with Gasteiger partial charge in [-0.1, -0.05) is 18.2 Å². The number of aromatic nitrogens is 1. The molecular weight excluding hydrogens is 260 g/mol. The molecule has 1 aromatic carbocycles. The third-order valence-electron chi connectivity index (χ3n) is 3.39. The number of rotatable bonds is 6. The summed E-state index contributed by atoms with van der Waals surface area (Å²) in [7, 11) is 2.04. The maximum atomic E-state index is 8.93. The average molecular weight is 282 g/mol. The van der Waals surface area contributed by atoms with Crippen LogP contribution in [-0.2, 0) is 6.54 Å². The van der Waals surface area contributed by atoms with Crippen molar-refractivity contribution in [3.8, 4) is 6.07 Å². The van der Waals surface area contributed by atoms with E-state index in [1.54, 1.807) is 0 Å². The number of nitriles is 1. The lowest BCUT2D eigenvalue weighted by Crippen LogP contribution is -2.24. The van der Waals surface area contributed by atoms with Crippen LogP contribution in [0.15, 0.2) is 30.3 Å². The SMILES string of the molecule is CCNc1nc2ccccc2cc1CN(C)CC(C)C#N. The van der Waals surface area contributed by atoms with Crippen molar-refractivity contribution >= 4 is 16.7 Å². The topological polar surface area (TPSA) is 52.0 Å². The van der Waals surface area contributed by atoms with E-state index in [1.807, 2.05) is 32.2 Å². The Bertz CT molecular complexity index is 645. The monoisotopic (exact) mass is 282 g/mol. The molecule has 1 heterocycles. The molecule has 0 aliphatic rings. The summed E-state index contributed by atoms with van der Waals surface area (Å²) < 4.78 is 0. The van der Waals surface area contributed by atoms with Gasteiger partial charge >= 0.3 is 0 Å². The predicted octanol–water partition coefficient (Wildman–Crippen LogP) is 3.26. The molecule has 2 aromatic rings. The first-order chi connectivity index (χ1) is 10.1. The fraction of sp³-hybridized carbons (Fsp3) is 0.412. The quantitative estimate of drug-likeness (QED) is 0.883. The number of anilines is 1. The molecule has 4 nitrogen and oxygen atoms in total. The van der Waals surface area contributed by atoms with Gasteiger partial charge in [-0.3, -0.25) is 0 Å². The van der Waals surface area contributed by atoms with Crippen molar-refractivity contribution < 1.29 is 0 Å². The minimum atomic E-state index is 0.0333. The van der Waals surface area contributed by atoms with Gasteiger partial charge in [0.15, 0.2) is 0 Å². The first-order valence-electron chi connectivity index (χ1n) is 7.34. The summed E-state index contributed by atoms with van der Waals surface area (Å²) in [6.07, 6.45) is 0. The van der Waals surface area contributed by atoms with Crippen molar-refractivity contribution in [3.05, 3.63) is 35.9 Å². The fourth-order valence-corrected chi connectivity index (χ4v) is 2.46. The molecule has 2 rings (SSSR count). The maximum Gasteiger partial charge on any atom is 0.131 e. The fourth-order valence-electron chi connectivity index (χ4n) is 2.46. The van der Waals surface area contributed by atoms with Crippen LogP contribution < -0.4 is 5.32 Å². The average Bonchev–Trinajstić information content (AvgIpc) is 2.47. The number of para-hydroxylation sites is 1. The van der Waals surface area contributed by atoms with Gasteiger partial charge in [0.2, 0.25) is 0 Å². The molecule has 0 saturated carbocycles. The van der Waals surface area contributed by atoms with Crippen molar-refractivity contribution in [1.29, 1.82) is 5.26 Å². The lowest BCUT2D eigenvalue weighted by molar-refractivity contribution is 0.303. The summed E-state index contributed by atoms with van der Waals surface area (Å²) >= 11 is 0. The van der Waals surface area contributed by atoms with Gasteiger partial charge in [-0.05, 0) is 33.0 Å². The van der Waals surface area contributed by atoms with Gasteiger partial charge in [0, 0.05) is 30.6 Å². The Morgan fingerprint density at radius 3 is 2.86 bits per heavy atom. The van der Waals surface area contributed by atoms with Crippen molar-refractivity contribution in [2.75, 3.05) is 25.5 Å². The van der Waals surface area contributed by atoms with Crippen molar-refractivity contribution in [1.82, 2.24) is 9.88 Å². The Hall–Kier alpha value is -2.12. The zero-order valence-corrected chi connectivity index (χ0v) is 12.9. The number of hydrogen-bond donors (Lipinski definition) is 1. The third kappa shape index (κ3) is 3.93. The summed E-state index contributed by atoms with van der Waals surface area (Å²) in [6.45, 7) is 6.40. The highest BCUT2D eigenvalue weighted by atomic mass is 15.1. The van der Waals surface area contributed by atoms with Gasteiger partial charge < -0.3 is 10.2 Å². The van der Waals surface area contributed by atoms with E-state index in [0.717, 1.165) is 36.4 Å². The van der Waals surface area contributed by atoms with E-state index < -0.39 is 0 Å². The molecule has 0 radical (unpaired) electrons. The molecule has 110 valence electrons. The molecular formula is C17H22N4. The molecule has 1 aromatic heterocycles. The molecule has 1 N–H and O–H groups in total. The lowest BCUT2D eigenvalue weighted by Gasteiger charge is -2.20. The highest BCUT2D eigenvalue weighted by molar-refractivity contribution is 5.81. The molecule has 0 aliphatic carbocycles. The van der Waals surface area contributed by atoms with E-state index in [2.05, 4.69) is 35.3 Å². The van der Waals surface area contributed by atoms with E-state index in [4.69, 9.17) is 10.2 Å². The molecule has 0 spiro atoms. The molecule has 0 bridgehead atoms. The van der Waals surface area contributed by atoms with E-state index in [-0.39, 0.29) is 5.92 Å². The molecule has 1 unspecified atom stereocenters. The second-order valence-electron chi connectivity index (χ2n) is 5.45. The van der Waals surface area contributed by atoms with Crippen LogP contribution in [0.5, 0.6) is 0 Å². The largest absolute Gasteiger partial charge is 0.370 e. The zero-order chi connectivity index (χ0) is 15.2. The Morgan fingerprint density at radius 1 is 1.38 bits per heavy atom. The summed E-state index contributed by atoms with van der Waals surface area (Å²) in [5.41, 5.74) is 2.17. The number of fused-ring (bicyclic) bond motifs is 1. The van der Waals surface area contributed by atoms with Gasteiger partial charge in [0.25, 0.3) is 0 Å². The van der Waals surface area contributed by atoms with E-state index in [9.17, 15) is 0 Å². The predicted molar refractivity (Wildman–Crippen MR) is 87.0 cm³/mol. The van der Waals surface area contributed by atoms with Crippen LogP contribution in [0.4, 0.5) is 5.82 Å². The smallest absolute Gasteiger partial charge is 0.131 e. The summed E-state index contributed by atoms with van der Waals surface area (Å²) in [5, 5.41) is 13.4. The summed E-state index contributed by atoms with van der Waals surface area (Å²) in [6, 6.07) is 12.6. The minimum absolute atomic E-state index is 0.0333. The third-order valence-corrected chi connectivity index (χ3v) is 3.39. The first kappa shape index (κ1) is 15.3. The first-order valence-corrected chi connectivity index (χ1v) is 7.34. The highest BCUT2D eigenvalue weighted by Gasteiger charge is 2.11. The van der Waals surface area contributed by atoms with Crippen LogP contribution in [0.2, 0.25) is 0 Å². The Labute approximate surface area is 126 Å². The van der Waals surface area contributed by atoms with Crippen LogP contribution in [0, 0.1) is 17.2 Å². The molecule has 0 saturated heterocycles. The van der Waals surface area contributed by atoms with Crippen molar-refractivity contribution in [2.24, 2.45) is 5.92 Å². The Balaban J connectivity index is 2.28. The van der Waals surface area contributed by atoms with Gasteiger partial charge in [-0.25, -0.2) is 4.98 Å². The molecule has 1 atom stereocenters. The Morgan fingerprint density at radius 2 is 2.14 bits per heavy atom. The van der Waals surface area contributed by atoms with Crippen molar-refractivity contribution in [3.63, 3.8) is 0 Å². The standard InChI is InChI=1S/C17H22N4/c1-4-19-17-15(12-21(3)11-13(2)10-18)9-14-7-5-6-8-16(14)20-17/h5-9,13H,4,11-12H2,1-3H3,(H,19,20). The Kier molecular flexibility index (Phi) is 5.13. The lowest BCUT2D eigenvalue weighted by atomic mass is 10.1. The van der Waals surface area contributed by atoms with Gasteiger partial charge in [0.05, 0.1) is 17.5 Å². The number of pyridine rings is 1. The van der Waals surface area contributed by atoms with E-state index in [1.165, 1.54) is 5.56 Å². The van der Waals surface area contributed by atoms with E-state index >= 15 is 0 Å². The molecule has 21 heavy (non-hydrogen) atoms. The number of nitrogens with zero attached hydrogens (tertiary/aromatic N) is 3. The molecule has 0 fully saturated rings. The maximum absolute atomic E-state index is 8.93. The summed E-state index contributed by atoms with van der Waals surface area (Å²) in [5.74, 6) is 0.971. The van der Waals surface area contributed by atoms with Gasteiger partial charge in [-0.2, -0.15) is 5.26 Å². The summed E-state index contributed by atoms with van der Waals surface area (Å²) in [4.78, 5) is 6.88. The van der Waals surface area contributed by atoms with Crippen LogP contribution in [0.1, 0.15) is 19.4 Å². The van der Waals surface area contributed by atoms with Crippen LogP contribution in [0.3, 0.4) is 0 Å². The van der Waals surface area contributed by atoms with Crippen LogP contribution in [0.25, 0.3) is 10.9 Å². The van der Waals surface area contributed by atoms with Crippen LogP contribution >= 0.6 is 0 Å². The van der Waals surface area contributed by atoms with Gasteiger partial charge in [-0.15, -0.1) is 0 Å². The zero-order valence-electron chi connectivity index (χ0n) is 12.9. The van der Waals surface area contributed by atoms with Crippen LogP contribution in [-0.4, -0.2) is 30.0 Å². The number of nitrogens with one attached hydrogen (secondary N) is 1. The molecule has 4 heteroatoms. The number of hydrogen-bond acceptors (Lipinski definition) is 4.